The number of benzene rings is 1. The first-order valence-electron chi connectivity index (χ1n) is 13.2. The Bertz CT molecular complexity index is 1440. The molecular weight excluding hydrogens is 698 g/mol. The Morgan fingerprint density at radius 2 is 1.69 bits per heavy atom. The van der Waals surface area contributed by atoms with Crippen LogP contribution in [0.2, 0.25) is 0 Å². The van der Waals surface area contributed by atoms with Crippen LogP contribution in [0.3, 0.4) is 0 Å². The van der Waals surface area contributed by atoms with Gasteiger partial charge >= 0.3 is 0 Å². The van der Waals surface area contributed by atoms with E-state index >= 15 is 0 Å². The normalized spacial score (nSPS) is 29.2. The number of amides is 2. The number of rotatable bonds is 3. The maximum absolute atomic E-state index is 14.0. The van der Waals surface area contributed by atoms with Crippen LogP contribution in [0.1, 0.15) is 56.4 Å². The number of halogens is 3. The van der Waals surface area contributed by atoms with Gasteiger partial charge in [-0.2, -0.15) is 0 Å². The molecule has 1 N–H and O–H groups in total. The van der Waals surface area contributed by atoms with E-state index in [-0.39, 0.29) is 51.8 Å². The molecule has 1 saturated heterocycles. The molecule has 1 aromatic rings. The molecule has 0 bridgehead atoms. The molecule has 1 aliphatic heterocycles. The van der Waals surface area contributed by atoms with Gasteiger partial charge in [0.2, 0.25) is 11.8 Å². The van der Waals surface area contributed by atoms with Crippen molar-refractivity contribution in [1.82, 2.24) is 4.90 Å². The lowest BCUT2D eigenvalue weighted by Gasteiger charge is -2.42. The van der Waals surface area contributed by atoms with Gasteiger partial charge < -0.3 is 9.84 Å². The molecule has 204 valence electrons. The molecule has 2 amide bonds. The van der Waals surface area contributed by atoms with Crippen molar-refractivity contribution in [2.45, 2.75) is 56.9 Å². The van der Waals surface area contributed by atoms with E-state index in [1.165, 1.54) is 18.1 Å². The van der Waals surface area contributed by atoms with Gasteiger partial charge in [0, 0.05) is 33.7 Å². The fraction of sp³-hybridized carbons (Fsp3) is 0.448. The van der Waals surface area contributed by atoms with E-state index in [2.05, 4.69) is 47.8 Å². The first kappa shape index (κ1) is 27.1. The minimum atomic E-state index is -0.653. The standard InChI is InChI=1S/C29H26Br3NO6/c1-39-20-10-16(24(31)25(32)27(20)36)21-13-7-8-14-22(29(38)33(28(14)37)12-5-3-2-4-6-12)15(13)9-17-23(21)19(34)11-18(30)26(17)35/h7,10-12,14-15,21-22,36H,2-6,8-9H2,1H3/t14-,15+,21+,22-/m0/s1. The molecule has 0 spiro atoms. The highest BCUT2D eigenvalue weighted by atomic mass is 79.9. The van der Waals surface area contributed by atoms with Crippen LogP contribution in [0.15, 0.2) is 48.4 Å². The van der Waals surface area contributed by atoms with Crippen LogP contribution in [0.25, 0.3) is 0 Å². The molecule has 0 radical (unpaired) electrons. The Kier molecular flexibility index (Phi) is 7.03. The van der Waals surface area contributed by atoms with Crippen LogP contribution in [0.5, 0.6) is 11.5 Å². The van der Waals surface area contributed by atoms with E-state index in [4.69, 9.17) is 4.74 Å². The van der Waals surface area contributed by atoms with Crippen molar-refractivity contribution in [2.24, 2.45) is 17.8 Å². The summed E-state index contributed by atoms with van der Waals surface area (Å²) >= 11 is 10.3. The molecule has 1 heterocycles. The van der Waals surface area contributed by atoms with Gasteiger partial charge in [0.15, 0.2) is 23.1 Å². The molecule has 39 heavy (non-hydrogen) atoms. The summed E-state index contributed by atoms with van der Waals surface area (Å²) in [6, 6.07) is 1.60. The van der Waals surface area contributed by atoms with Crippen molar-refractivity contribution in [3.8, 4) is 11.5 Å². The van der Waals surface area contributed by atoms with E-state index in [1.807, 2.05) is 6.08 Å². The summed E-state index contributed by atoms with van der Waals surface area (Å²) in [7, 11) is 1.44. The van der Waals surface area contributed by atoms with E-state index < -0.39 is 23.7 Å². The van der Waals surface area contributed by atoms with E-state index in [0.717, 1.165) is 37.7 Å². The average Bonchev–Trinajstić information content (AvgIpc) is 3.19. The number of phenols is 1. The quantitative estimate of drug-likeness (QED) is 0.233. The second kappa shape index (κ2) is 10.1. The lowest BCUT2D eigenvalue weighted by molar-refractivity contribution is -0.143. The van der Waals surface area contributed by atoms with Crippen LogP contribution in [-0.4, -0.2) is 46.5 Å². The third kappa shape index (κ3) is 4.07. The molecule has 1 saturated carbocycles. The van der Waals surface area contributed by atoms with Crippen molar-refractivity contribution in [3.63, 3.8) is 0 Å². The first-order valence-corrected chi connectivity index (χ1v) is 15.5. The lowest BCUT2D eigenvalue weighted by atomic mass is 9.59. The number of nitrogens with zero attached hydrogens (tertiary/aromatic N) is 1. The Morgan fingerprint density at radius 3 is 2.38 bits per heavy atom. The van der Waals surface area contributed by atoms with Gasteiger partial charge in [0.25, 0.3) is 0 Å². The number of hydrogen-bond donors (Lipinski definition) is 1. The highest BCUT2D eigenvalue weighted by Crippen LogP contribution is 2.58. The predicted octanol–water partition coefficient (Wildman–Crippen LogP) is 6.02. The number of hydrogen-bond acceptors (Lipinski definition) is 6. The lowest BCUT2D eigenvalue weighted by Crippen LogP contribution is -2.43. The summed E-state index contributed by atoms with van der Waals surface area (Å²) in [5.41, 5.74) is 2.22. The monoisotopic (exact) mass is 721 g/mol. The number of imide groups is 1. The summed E-state index contributed by atoms with van der Waals surface area (Å²) in [5.74, 6) is -2.81. The number of Topliss-reactive ketones (excluding diaryl/α,β-unsaturated/α-hetero) is 1. The van der Waals surface area contributed by atoms with Gasteiger partial charge in [-0.25, -0.2) is 0 Å². The third-order valence-electron chi connectivity index (χ3n) is 9.01. The Hall–Kier alpha value is -2.04. The van der Waals surface area contributed by atoms with Crippen LogP contribution >= 0.6 is 47.8 Å². The largest absolute Gasteiger partial charge is 0.503 e. The molecule has 1 aromatic carbocycles. The number of carbonyl (C=O) groups excluding carboxylic acids is 4. The van der Waals surface area contributed by atoms with Crippen molar-refractivity contribution in [1.29, 1.82) is 0 Å². The number of fused-ring (bicyclic) bond motifs is 3. The highest BCUT2D eigenvalue weighted by Gasteiger charge is 2.57. The number of phenolic OH excluding ortho intramolecular Hbond substituents is 1. The smallest absolute Gasteiger partial charge is 0.233 e. The number of methoxy groups -OCH3 is 1. The molecular formula is C29H26Br3NO6. The number of aromatic hydroxyl groups is 1. The zero-order valence-corrected chi connectivity index (χ0v) is 25.9. The van der Waals surface area contributed by atoms with E-state index in [1.54, 1.807) is 6.07 Å². The molecule has 10 heteroatoms. The number of carbonyl (C=O) groups is 4. The predicted molar refractivity (Wildman–Crippen MR) is 153 cm³/mol. The molecule has 6 rings (SSSR count). The fourth-order valence-electron chi connectivity index (χ4n) is 7.26. The number of allylic oxidation sites excluding steroid dienone is 6. The summed E-state index contributed by atoms with van der Waals surface area (Å²) in [6.07, 6.45) is 8.72. The van der Waals surface area contributed by atoms with Crippen LogP contribution in [0, 0.1) is 17.8 Å². The van der Waals surface area contributed by atoms with Gasteiger partial charge in [-0.05, 0) is 91.0 Å². The second-order valence-corrected chi connectivity index (χ2v) is 13.3. The van der Waals surface area contributed by atoms with Crippen LogP contribution in [-0.2, 0) is 19.2 Å². The Labute approximate surface area is 251 Å². The number of ketones is 2. The van der Waals surface area contributed by atoms with Crippen molar-refractivity contribution in [3.05, 3.63) is 53.9 Å². The zero-order chi connectivity index (χ0) is 27.7. The second-order valence-electron chi connectivity index (χ2n) is 10.9. The number of ether oxygens (including phenoxy) is 1. The molecule has 7 nitrogen and oxygen atoms in total. The number of likely N-dealkylation sites (tertiary alicyclic amines) is 1. The van der Waals surface area contributed by atoms with Gasteiger partial charge in [-0.1, -0.05) is 30.9 Å². The van der Waals surface area contributed by atoms with Crippen LogP contribution in [0.4, 0.5) is 0 Å². The minimum Gasteiger partial charge on any atom is -0.503 e. The van der Waals surface area contributed by atoms with Crippen molar-refractivity contribution in [2.75, 3.05) is 7.11 Å². The minimum absolute atomic E-state index is 0.0663. The SMILES string of the molecule is COc1cc([C@H]2C3=CC[C@@H]4C(=O)N(C5CCCCC5)C(=O)[C@@H]4[C@@H]3CC3=C2C(=O)C=C(Br)C3=O)c(Br)c(Br)c1O. The average molecular weight is 724 g/mol. The van der Waals surface area contributed by atoms with Crippen molar-refractivity contribution >= 4 is 71.2 Å². The zero-order valence-electron chi connectivity index (χ0n) is 21.1. The molecule has 5 aliphatic rings. The maximum atomic E-state index is 14.0. The topological polar surface area (TPSA) is 101 Å². The van der Waals surface area contributed by atoms with Gasteiger partial charge in [-0.3, -0.25) is 24.1 Å². The highest BCUT2D eigenvalue weighted by molar-refractivity contribution is 9.13. The van der Waals surface area contributed by atoms with E-state index in [0.29, 0.717) is 32.1 Å². The summed E-state index contributed by atoms with van der Waals surface area (Å²) < 4.78 is 6.48. The summed E-state index contributed by atoms with van der Waals surface area (Å²) in [6.45, 7) is 0. The van der Waals surface area contributed by atoms with Gasteiger partial charge in [0.1, 0.15) is 0 Å². The third-order valence-corrected chi connectivity index (χ3v) is 11.8. The Balaban J connectivity index is 1.51. The van der Waals surface area contributed by atoms with Crippen molar-refractivity contribution < 1.29 is 29.0 Å². The maximum Gasteiger partial charge on any atom is 0.233 e. The first-order chi connectivity index (χ1) is 18.6. The molecule has 0 aromatic heterocycles. The van der Waals surface area contributed by atoms with Gasteiger partial charge in [-0.15, -0.1) is 0 Å². The van der Waals surface area contributed by atoms with E-state index in [9.17, 15) is 24.3 Å². The van der Waals surface area contributed by atoms with Gasteiger partial charge in [0.05, 0.1) is 27.9 Å². The molecule has 4 aliphatic carbocycles. The summed E-state index contributed by atoms with van der Waals surface area (Å²) in [4.78, 5) is 56.1. The fourth-order valence-corrected chi connectivity index (χ4v) is 8.67. The Morgan fingerprint density at radius 1 is 0.974 bits per heavy atom. The molecule has 2 fully saturated rings. The van der Waals surface area contributed by atoms with Crippen LogP contribution < -0.4 is 4.74 Å². The molecule has 0 unspecified atom stereocenters. The molecule has 4 atom stereocenters. The summed E-state index contributed by atoms with van der Waals surface area (Å²) in [5, 5.41) is 10.6.